The van der Waals surface area contributed by atoms with Crippen LogP contribution >= 0.6 is 0 Å². The van der Waals surface area contributed by atoms with Gasteiger partial charge in [0.1, 0.15) is 0 Å². The number of carbonyl (C=O) groups is 1. The Morgan fingerprint density at radius 2 is 1.97 bits per heavy atom. The fourth-order valence-corrected chi connectivity index (χ4v) is 5.89. The summed E-state index contributed by atoms with van der Waals surface area (Å²) in [6.07, 6.45) is 7.40. The predicted molar refractivity (Wildman–Crippen MR) is 120 cm³/mol. The summed E-state index contributed by atoms with van der Waals surface area (Å²) in [4.78, 5) is 16.5. The van der Waals surface area contributed by atoms with Crippen LogP contribution in [0.15, 0.2) is 24.4 Å². The van der Waals surface area contributed by atoms with E-state index in [0.29, 0.717) is 17.7 Å². The van der Waals surface area contributed by atoms with Crippen molar-refractivity contribution in [3.63, 3.8) is 0 Å². The Balaban J connectivity index is 1.51. The molecule has 32 heavy (non-hydrogen) atoms. The quantitative estimate of drug-likeness (QED) is 0.517. The van der Waals surface area contributed by atoms with Gasteiger partial charge in [-0.3, -0.25) is 19.8 Å². The molecule has 0 spiro atoms. The molecule has 2 aromatic rings. The van der Waals surface area contributed by atoms with E-state index in [1.165, 1.54) is 10.2 Å². The Labute approximate surface area is 188 Å². The van der Waals surface area contributed by atoms with Gasteiger partial charge < -0.3 is 0 Å². The molecule has 1 aromatic carbocycles. The van der Waals surface area contributed by atoms with Crippen LogP contribution in [-0.4, -0.2) is 71.9 Å². The van der Waals surface area contributed by atoms with E-state index in [2.05, 4.69) is 15.9 Å². The smallest absolute Gasteiger partial charge is 0.260 e. The molecule has 2 aliphatic heterocycles. The van der Waals surface area contributed by atoms with E-state index >= 15 is 0 Å². The van der Waals surface area contributed by atoms with E-state index in [9.17, 15) is 18.5 Å². The van der Waals surface area contributed by atoms with Crippen molar-refractivity contribution >= 4 is 26.8 Å². The zero-order valence-electron chi connectivity index (χ0n) is 18.2. The van der Waals surface area contributed by atoms with Crippen LogP contribution in [0.3, 0.4) is 0 Å². The third-order valence-electron chi connectivity index (χ3n) is 6.72. The van der Waals surface area contributed by atoms with Crippen molar-refractivity contribution in [1.82, 2.24) is 19.3 Å². The number of carbonyl (C=O) groups excluding carboxylic acids is 1. The highest BCUT2D eigenvalue weighted by Gasteiger charge is 2.31. The number of nitrogens with zero attached hydrogens (tertiary/aromatic N) is 4. The molecular formula is C22H29N5O4S. The van der Waals surface area contributed by atoms with E-state index in [1.54, 1.807) is 29.9 Å². The predicted octanol–water partition coefficient (Wildman–Crippen LogP) is 1.82. The summed E-state index contributed by atoms with van der Waals surface area (Å²) in [5.41, 5.74) is 3.89. The van der Waals surface area contributed by atoms with Crippen molar-refractivity contribution in [3.05, 3.63) is 35.5 Å². The Bertz CT molecular complexity index is 1150. The van der Waals surface area contributed by atoms with Gasteiger partial charge in [0, 0.05) is 18.1 Å². The Hall–Kier alpha value is -2.45. The standard InChI is InChI=1S/C22H29N5O4S/c1-32(30,31)27-14-19(18-12-16(13-23)5-6-20(18)27)17-7-10-25(11-8-17)15-26-9-3-2-4-21(26)22(28)24-29/h5-6,12,14,17,21,29H,2-4,7-11,15H2,1H3,(H,24,28). The summed E-state index contributed by atoms with van der Waals surface area (Å²) in [5.74, 6) is -0.148. The lowest BCUT2D eigenvalue weighted by atomic mass is 9.89. The number of nitrogens with one attached hydrogen (secondary N) is 1. The summed E-state index contributed by atoms with van der Waals surface area (Å²) in [6, 6.07) is 6.98. The van der Waals surface area contributed by atoms with Crippen LogP contribution in [-0.2, 0) is 14.8 Å². The van der Waals surface area contributed by atoms with Crippen LogP contribution in [0.2, 0.25) is 0 Å². The average Bonchev–Trinajstić information content (AvgIpc) is 3.19. The van der Waals surface area contributed by atoms with E-state index in [1.807, 2.05) is 0 Å². The third-order valence-corrected chi connectivity index (χ3v) is 7.74. The number of hydrogen-bond acceptors (Lipinski definition) is 7. The number of aromatic nitrogens is 1. The van der Waals surface area contributed by atoms with E-state index in [4.69, 9.17) is 5.21 Å². The Morgan fingerprint density at radius 3 is 2.62 bits per heavy atom. The number of fused-ring (bicyclic) bond motifs is 1. The highest BCUT2D eigenvalue weighted by Crippen LogP contribution is 2.35. The molecule has 1 unspecified atom stereocenters. The normalized spacial score (nSPS) is 21.5. The van der Waals surface area contributed by atoms with Crippen molar-refractivity contribution in [2.75, 3.05) is 32.6 Å². The first-order chi connectivity index (χ1) is 15.3. The summed E-state index contributed by atoms with van der Waals surface area (Å²) in [6.45, 7) is 3.17. The number of benzene rings is 1. The number of hydrogen-bond donors (Lipinski definition) is 2. The number of nitriles is 1. The number of piperidine rings is 2. The van der Waals surface area contributed by atoms with Gasteiger partial charge in [-0.05, 0) is 68.5 Å². The highest BCUT2D eigenvalue weighted by atomic mass is 32.2. The molecule has 0 saturated carbocycles. The maximum atomic E-state index is 12.3. The molecule has 1 amide bonds. The summed E-state index contributed by atoms with van der Waals surface area (Å²) >= 11 is 0. The minimum atomic E-state index is -3.46. The van der Waals surface area contributed by atoms with Crippen molar-refractivity contribution in [3.8, 4) is 6.07 Å². The molecule has 9 nitrogen and oxygen atoms in total. The fraction of sp³-hybridized carbons (Fsp3) is 0.545. The highest BCUT2D eigenvalue weighted by molar-refractivity contribution is 7.89. The van der Waals surface area contributed by atoms with E-state index in [-0.39, 0.29) is 17.9 Å². The molecule has 2 aliphatic rings. The first kappa shape index (κ1) is 22.7. The molecule has 2 fully saturated rings. The van der Waals surface area contributed by atoms with Gasteiger partial charge in [-0.25, -0.2) is 17.9 Å². The lowest BCUT2D eigenvalue weighted by Gasteiger charge is -2.40. The molecule has 0 aliphatic carbocycles. The lowest BCUT2D eigenvalue weighted by molar-refractivity contribution is -0.137. The van der Waals surface area contributed by atoms with Crippen LogP contribution < -0.4 is 5.48 Å². The monoisotopic (exact) mass is 459 g/mol. The largest absolute Gasteiger partial charge is 0.290 e. The van der Waals surface area contributed by atoms with Crippen molar-refractivity contribution in [2.24, 2.45) is 0 Å². The fourth-order valence-electron chi connectivity index (χ4n) is 5.07. The molecule has 1 aromatic heterocycles. The van der Waals surface area contributed by atoms with Gasteiger partial charge in [0.25, 0.3) is 5.91 Å². The van der Waals surface area contributed by atoms with Gasteiger partial charge in [-0.1, -0.05) is 6.42 Å². The van der Waals surface area contributed by atoms with E-state index < -0.39 is 10.0 Å². The second-order valence-electron chi connectivity index (χ2n) is 8.82. The number of hydroxylamine groups is 1. The SMILES string of the molecule is CS(=O)(=O)n1cc(C2CCN(CN3CCCCC3C(=O)NO)CC2)c2cc(C#N)ccc21. The maximum absolute atomic E-state index is 12.3. The molecule has 0 radical (unpaired) electrons. The van der Waals surface area contributed by atoms with Gasteiger partial charge in [0.15, 0.2) is 0 Å². The Morgan fingerprint density at radius 1 is 1.22 bits per heavy atom. The maximum Gasteiger partial charge on any atom is 0.260 e. The summed E-state index contributed by atoms with van der Waals surface area (Å²) < 4.78 is 25.9. The van der Waals surface area contributed by atoms with Crippen LogP contribution in [0.1, 0.15) is 49.1 Å². The second-order valence-corrected chi connectivity index (χ2v) is 10.7. The summed E-state index contributed by atoms with van der Waals surface area (Å²) in [7, 11) is -3.46. The molecule has 1 atom stereocenters. The third kappa shape index (κ3) is 4.52. The van der Waals surface area contributed by atoms with Crippen LogP contribution in [0.5, 0.6) is 0 Å². The topological polar surface area (TPSA) is 119 Å². The van der Waals surface area contributed by atoms with Crippen molar-refractivity contribution in [1.29, 1.82) is 5.26 Å². The molecule has 2 N–H and O–H groups in total. The van der Waals surface area contributed by atoms with Crippen molar-refractivity contribution < 1.29 is 18.4 Å². The van der Waals surface area contributed by atoms with E-state index in [0.717, 1.165) is 62.7 Å². The van der Waals surface area contributed by atoms with Crippen molar-refractivity contribution in [2.45, 2.75) is 44.1 Å². The molecule has 172 valence electrons. The van der Waals surface area contributed by atoms with Gasteiger partial charge >= 0.3 is 0 Å². The summed E-state index contributed by atoms with van der Waals surface area (Å²) in [5, 5.41) is 19.2. The average molecular weight is 460 g/mol. The van der Waals surface area contributed by atoms with Gasteiger partial charge in [0.2, 0.25) is 10.0 Å². The number of rotatable bonds is 5. The van der Waals surface area contributed by atoms with Crippen LogP contribution in [0.4, 0.5) is 0 Å². The first-order valence-electron chi connectivity index (χ1n) is 11.0. The minimum absolute atomic E-state index is 0.198. The first-order valence-corrected chi connectivity index (χ1v) is 12.8. The lowest BCUT2D eigenvalue weighted by Crippen LogP contribution is -2.53. The van der Waals surface area contributed by atoms with Crippen LogP contribution in [0, 0.1) is 11.3 Å². The zero-order valence-corrected chi connectivity index (χ0v) is 19.0. The second kappa shape index (κ2) is 9.19. The zero-order chi connectivity index (χ0) is 22.9. The molecule has 4 rings (SSSR count). The number of likely N-dealkylation sites (tertiary alicyclic amines) is 2. The molecular weight excluding hydrogens is 430 g/mol. The minimum Gasteiger partial charge on any atom is -0.290 e. The number of amides is 1. The van der Waals surface area contributed by atoms with Crippen LogP contribution in [0.25, 0.3) is 10.9 Å². The van der Waals surface area contributed by atoms with Gasteiger partial charge in [-0.2, -0.15) is 5.26 Å². The van der Waals surface area contributed by atoms with Gasteiger partial charge in [0.05, 0.1) is 36.1 Å². The Kier molecular flexibility index (Phi) is 6.53. The van der Waals surface area contributed by atoms with Gasteiger partial charge in [-0.15, -0.1) is 0 Å². The molecule has 2 saturated heterocycles. The molecule has 3 heterocycles. The molecule has 10 heteroatoms. The molecule has 0 bridgehead atoms.